The average molecular weight is 450 g/mol. The Morgan fingerprint density at radius 2 is 1.82 bits per heavy atom. The molecule has 1 aliphatic rings. The lowest BCUT2D eigenvalue weighted by Gasteiger charge is -2.35. The molecule has 0 spiro atoms. The number of piperazine rings is 1. The van der Waals surface area contributed by atoms with Gasteiger partial charge in [0.15, 0.2) is 0 Å². The van der Waals surface area contributed by atoms with Crippen molar-refractivity contribution in [2.45, 2.75) is 20.4 Å². The van der Waals surface area contributed by atoms with Crippen LogP contribution in [0.3, 0.4) is 0 Å². The molecular weight excluding hydrogens is 421 g/mol. The monoisotopic (exact) mass is 449 g/mol. The van der Waals surface area contributed by atoms with Crippen LogP contribution in [0.5, 0.6) is 0 Å². The number of aryl methyl sites for hydroxylation is 2. The molecule has 4 rings (SSSR count). The van der Waals surface area contributed by atoms with Gasteiger partial charge in [0, 0.05) is 69.7 Å². The molecule has 2 aromatic heterocycles. The highest BCUT2D eigenvalue weighted by molar-refractivity contribution is 6.04. The molecule has 1 saturated heterocycles. The first-order valence-electron chi connectivity index (χ1n) is 11.0. The molecule has 1 aromatic carbocycles. The van der Waals surface area contributed by atoms with Gasteiger partial charge in [-0.05, 0) is 55.3 Å². The second-order valence-electron chi connectivity index (χ2n) is 8.51. The molecule has 8 heteroatoms. The SMILES string of the molecule is Cc1ccc(C(=O)Nc2cc(F)cc(CN3CCN(C(=O)c4ccn(C)c4)CC3)c2C)cn1. The summed E-state index contributed by atoms with van der Waals surface area (Å²) in [5, 5.41) is 2.81. The first kappa shape index (κ1) is 22.7. The van der Waals surface area contributed by atoms with Crippen LogP contribution >= 0.6 is 0 Å². The number of anilines is 1. The Kier molecular flexibility index (Phi) is 6.55. The van der Waals surface area contributed by atoms with Gasteiger partial charge in [-0.1, -0.05) is 0 Å². The summed E-state index contributed by atoms with van der Waals surface area (Å²) in [5.41, 5.74) is 4.03. The van der Waals surface area contributed by atoms with Crippen LogP contribution in [0.2, 0.25) is 0 Å². The zero-order valence-corrected chi connectivity index (χ0v) is 19.1. The molecule has 0 aliphatic carbocycles. The molecule has 1 N–H and O–H groups in total. The standard InChI is InChI=1S/C25H28FN5O2/c1-17-4-5-19(14-27-17)24(32)28-23-13-22(26)12-21(18(23)2)16-30-8-10-31(11-9-30)25(33)20-6-7-29(3)15-20/h4-7,12-15H,8-11,16H2,1-3H3,(H,28,32). The van der Waals surface area contributed by atoms with Gasteiger partial charge in [0.05, 0.1) is 11.1 Å². The van der Waals surface area contributed by atoms with E-state index in [1.807, 2.05) is 48.8 Å². The van der Waals surface area contributed by atoms with E-state index in [-0.39, 0.29) is 11.8 Å². The number of hydrogen-bond donors (Lipinski definition) is 1. The van der Waals surface area contributed by atoms with Gasteiger partial charge in [-0.3, -0.25) is 19.5 Å². The van der Waals surface area contributed by atoms with Crippen molar-refractivity contribution >= 4 is 17.5 Å². The van der Waals surface area contributed by atoms with Crippen molar-refractivity contribution in [2.75, 3.05) is 31.5 Å². The predicted molar refractivity (Wildman–Crippen MR) is 125 cm³/mol. The molecule has 7 nitrogen and oxygen atoms in total. The number of aromatic nitrogens is 2. The Hall–Kier alpha value is -3.52. The molecule has 0 saturated carbocycles. The van der Waals surface area contributed by atoms with Crippen molar-refractivity contribution in [1.82, 2.24) is 19.4 Å². The summed E-state index contributed by atoms with van der Waals surface area (Å²) < 4.78 is 16.3. The van der Waals surface area contributed by atoms with Crippen LogP contribution in [0.1, 0.15) is 37.5 Å². The topological polar surface area (TPSA) is 70.5 Å². The maximum atomic E-state index is 14.4. The van der Waals surface area contributed by atoms with Crippen molar-refractivity contribution in [3.8, 4) is 0 Å². The van der Waals surface area contributed by atoms with Gasteiger partial charge in [-0.15, -0.1) is 0 Å². The highest BCUT2D eigenvalue weighted by atomic mass is 19.1. The lowest BCUT2D eigenvalue weighted by molar-refractivity contribution is 0.0628. The van der Waals surface area contributed by atoms with Crippen molar-refractivity contribution in [1.29, 1.82) is 0 Å². The Balaban J connectivity index is 1.40. The van der Waals surface area contributed by atoms with E-state index in [1.165, 1.54) is 18.3 Å². The van der Waals surface area contributed by atoms with E-state index in [0.29, 0.717) is 49.5 Å². The summed E-state index contributed by atoms with van der Waals surface area (Å²) in [5.74, 6) is -0.686. The highest BCUT2D eigenvalue weighted by Crippen LogP contribution is 2.24. The Morgan fingerprint density at radius 3 is 2.45 bits per heavy atom. The van der Waals surface area contributed by atoms with Gasteiger partial charge in [0.25, 0.3) is 11.8 Å². The summed E-state index contributed by atoms with van der Waals surface area (Å²) in [7, 11) is 1.89. The maximum Gasteiger partial charge on any atom is 0.257 e. The number of benzene rings is 1. The lowest BCUT2D eigenvalue weighted by Crippen LogP contribution is -2.48. The normalized spacial score (nSPS) is 14.4. The van der Waals surface area contributed by atoms with Gasteiger partial charge >= 0.3 is 0 Å². The Bertz CT molecular complexity index is 1160. The van der Waals surface area contributed by atoms with Gasteiger partial charge < -0.3 is 14.8 Å². The average Bonchev–Trinajstić information content (AvgIpc) is 3.23. The fourth-order valence-corrected chi connectivity index (χ4v) is 3.99. The molecule has 172 valence electrons. The summed E-state index contributed by atoms with van der Waals surface area (Å²) >= 11 is 0. The van der Waals surface area contributed by atoms with Crippen LogP contribution in [0, 0.1) is 19.7 Å². The molecule has 0 unspecified atom stereocenters. The molecule has 3 aromatic rings. The van der Waals surface area contributed by atoms with Gasteiger partial charge in [-0.2, -0.15) is 0 Å². The number of halogens is 1. The lowest BCUT2D eigenvalue weighted by atomic mass is 10.0. The van der Waals surface area contributed by atoms with Gasteiger partial charge in [0.2, 0.25) is 0 Å². The molecule has 2 amide bonds. The molecular formula is C25H28FN5O2. The third kappa shape index (κ3) is 5.28. The summed E-state index contributed by atoms with van der Waals surface area (Å²) in [6, 6.07) is 8.15. The van der Waals surface area contributed by atoms with Crippen LogP contribution < -0.4 is 5.32 Å². The number of hydrogen-bond acceptors (Lipinski definition) is 4. The van der Waals surface area contributed by atoms with E-state index in [2.05, 4.69) is 15.2 Å². The van der Waals surface area contributed by atoms with Gasteiger partial charge in [-0.25, -0.2) is 4.39 Å². The number of amides is 2. The molecule has 0 radical (unpaired) electrons. The Labute approximate surface area is 192 Å². The maximum absolute atomic E-state index is 14.4. The minimum absolute atomic E-state index is 0.0350. The zero-order chi connectivity index (χ0) is 23.5. The quantitative estimate of drug-likeness (QED) is 0.648. The molecule has 1 aliphatic heterocycles. The second-order valence-corrected chi connectivity index (χ2v) is 8.51. The van der Waals surface area contributed by atoms with Gasteiger partial charge in [0.1, 0.15) is 5.82 Å². The molecule has 0 bridgehead atoms. The third-order valence-corrected chi connectivity index (χ3v) is 6.03. The number of pyridine rings is 1. The Morgan fingerprint density at radius 1 is 1.06 bits per heavy atom. The largest absolute Gasteiger partial charge is 0.356 e. The van der Waals surface area contributed by atoms with Crippen molar-refractivity contribution in [2.24, 2.45) is 7.05 Å². The molecule has 0 atom stereocenters. The minimum Gasteiger partial charge on any atom is -0.356 e. The first-order chi connectivity index (χ1) is 15.8. The summed E-state index contributed by atoms with van der Waals surface area (Å²) in [6.45, 7) is 6.91. The smallest absolute Gasteiger partial charge is 0.257 e. The fourth-order valence-electron chi connectivity index (χ4n) is 3.99. The van der Waals surface area contributed by atoms with Crippen LogP contribution in [0.4, 0.5) is 10.1 Å². The van der Waals surface area contributed by atoms with Crippen molar-refractivity contribution in [3.63, 3.8) is 0 Å². The van der Waals surface area contributed by atoms with E-state index >= 15 is 0 Å². The van der Waals surface area contributed by atoms with E-state index in [4.69, 9.17) is 0 Å². The van der Waals surface area contributed by atoms with E-state index in [1.54, 1.807) is 12.1 Å². The predicted octanol–water partition coefficient (Wildman–Crippen LogP) is 3.39. The molecule has 3 heterocycles. The van der Waals surface area contributed by atoms with Crippen LogP contribution in [0.15, 0.2) is 48.9 Å². The van der Waals surface area contributed by atoms with Crippen molar-refractivity contribution < 1.29 is 14.0 Å². The van der Waals surface area contributed by atoms with E-state index in [9.17, 15) is 14.0 Å². The van der Waals surface area contributed by atoms with E-state index in [0.717, 1.165) is 16.8 Å². The molecule has 33 heavy (non-hydrogen) atoms. The van der Waals surface area contributed by atoms with E-state index < -0.39 is 5.82 Å². The molecule has 1 fully saturated rings. The summed E-state index contributed by atoms with van der Waals surface area (Å²) in [4.78, 5) is 33.4. The number of nitrogens with zero attached hydrogens (tertiary/aromatic N) is 4. The number of rotatable bonds is 5. The number of nitrogens with one attached hydrogen (secondary N) is 1. The van der Waals surface area contributed by atoms with Crippen LogP contribution in [-0.2, 0) is 13.6 Å². The van der Waals surface area contributed by atoms with Crippen LogP contribution in [0.25, 0.3) is 0 Å². The summed E-state index contributed by atoms with van der Waals surface area (Å²) in [6.07, 6.45) is 5.20. The van der Waals surface area contributed by atoms with Crippen LogP contribution in [-0.4, -0.2) is 57.3 Å². The first-order valence-corrected chi connectivity index (χ1v) is 11.0. The second kappa shape index (κ2) is 9.54. The highest BCUT2D eigenvalue weighted by Gasteiger charge is 2.23. The fraction of sp³-hybridized carbons (Fsp3) is 0.320. The van der Waals surface area contributed by atoms with Crippen molar-refractivity contribution in [3.05, 3.63) is 82.7 Å². The number of carbonyl (C=O) groups excluding carboxylic acids is 2. The minimum atomic E-state index is -0.397. The number of carbonyl (C=O) groups is 2. The zero-order valence-electron chi connectivity index (χ0n) is 19.1. The third-order valence-electron chi connectivity index (χ3n) is 6.03.